The highest BCUT2D eigenvalue weighted by Crippen LogP contribution is 2.17. The van der Waals surface area contributed by atoms with Gasteiger partial charge in [-0.1, -0.05) is 77.2 Å². The van der Waals surface area contributed by atoms with E-state index in [2.05, 4.69) is 52.0 Å². The minimum absolute atomic E-state index is 1.24. The van der Waals surface area contributed by atoms with Crippen molar-refractivity contribution in [1.82, 2.24) is 0 Å². The van der Waals surface area contributed by atoms with E-state index in [1.165, 1.54) is 108 Å². The van der Waals surface area contributed by atoms with Crippen LogP contribution in [0.25, 0.3) is 0 Å². The molecule has 25 heavy (non-hydrogen) atoms. The van der Waals surface area contributed by atoms with Gasteiger partial charge in [-0.25, -0.2) is 0 Å². The number of unbranched alkanes of at least 4 members (excludes halogenated alkanes) is 8. The first-order valence-electron chi connectivity index (χ1n) is 11.4. The molecule has 0 bridgehead atoms. The lowest BCUT2D eigenvalue weighted by molar-refractivity contribution is -0.929. The first-order valence-corrected chi connectivity index (χ1v) is 11.4. The Bertz CT molecular complexity index is 294. The van der Waals surface area contributed by atoms with Gasteiger partial charge in [0, 0.05) is 0 Å². The molecule has 0 amide bonds. The number of quaternary nitrogens is 1. The largest absolute Gasteiger partial charge is 0.324 e. The SMILES string of the molecule is C/C=C/C=C/CCCCCCC[N+](CCCC)(CCCC)CCCC. The number of hydrogen-bond acceptors (Lipinski definition) is 0. The molecule has 148 valence electrons. The summed E-state index contributed by atoms with van der Waals surface area (Å²) in [6.07, 6.45) is 25.3. The van der Waals surface area contributed by atoms with Gasteiger partial charge in [0.2, 0.25) is 0 Å². The first kappa shape index (κ1) is 24.4. The summed E-state index contributed by atoms with van der Waals surface area (Å²) < 4.78 is 1.42. The number of hydrogen-bond donors (Lipinski definition) is 0. The zero-order valence-corrected chi connectivity index (χ0v) is 18.1. The molecule has 0 saturated carbocycles. The van der Waals surface area contributed by atoms with Gasteiger partial charge in [-0.3, -0.25) is 0 Å². The lowest BCUT2D eigenvalue weighted by atomic mass is 10.1. The molecule has 0 N–H and O–H groups in total. The molecule has 0 rings (SSSR count). The average molecular weight is 351 g/mol. The van der Waals surface area contributed by atoms with Crippen molar-refractivity contribution in [1.29, 1.82) is 0 Å². The van der Waals surface area contributed by atoms with E-state index in [4.69, 9.17) is 0 Å². The fraction of sp³-hybridized carbons (Fsp3) is 0.833. The predicted molar refractivity (Wildman–Crippen MR) is 116 cm³/mol. The molecule has 0 aliphatic rings. The van der Waals surface area contributed by atoms with Crippen LogP contribution in [0, 0.1) is 0 Å². The van der Waals surface area contributed by atoms with E-state index in [1.807, 2.05) is 0 Å². The summed E-state index contributed by atoms with van der Waals surface area (Å²) in [5, 5.41) is 0. The van der Waals surface area contributed by atoms with Crippen LogP contribution in [0.15, 0.2) is 24.3 Å². The Hall–Kier alpha value is -0.560. The molecule has 0 spiro atoms. The van der Waals surface area contributed by atoms with Crippen LogP contribution >= 0.6 is 0 Å². The monoisotopic (exact) mass is 350 g/mol. The zero-order chi connectivity index (χ0) is 18.6. The molecule has 1 nitrogen and oxygen atoms in total. The third-order valence-electron chi connectivity index (χ3n) is 5.40. The van der Waals surface area contributed by atoms with Crippen molar-refractivity contribution in [3.8, 4) is 0 Å². The van der Waals surface area contributed by atoms with Gasteiger partial charge in [0.05, 0.1) is 26.2 Å². The second-order valence-electron chi connectivity index (χ2n) is 7.81. The Balaban J connectivity index is 4.12. The van der Waals surface area contributed by atoms with Crippen LogP contribution in [0.3, 0.4) is 0 Å². The van der Waals surface area contributed by atoms with Crippen molar-refractivity contribution >= 4 is 0 Å². The average Bonchev–Trinajstić information content (AvgIpc) is 2.64. The molecule has 0 aliphatic carbocycles. The van der Waals surface area contributed by atoms with Crippen molar-refractivity contribution < 1.29 is 4.48 Å². The quantitative estimate of drug-likeness (QED) is 0.135. The van der Waals surface area contributed by atoms with E-state index >= 15 is 0 Å². The maximum atomic E-state index is 2.35. The normalized spacial score (nSPS) is 12.6. The number of rotatable bonds is 18. The van der Waals surface area contributed by atoms with Crippen LogP contribution in [0.4, 0.5) is 0 Å². The van der Waals surface area contributed by atoms with E-state index in [0.717, 1.165) is 0 Å². The molecule has 1 heteroatoms. The summed E-state index contributed by atoms with van der Waals surface area (Å²) in [5.41, 5.74) is 0. The van der Waals surface area contributed by atoms with Crippen LogP contribution < -0.4 is 0 Å². The van der Waals surface area contributed by atoms with Gasteiger partial charge in [-0.05, 0) is 51.9 Å². The van der Waals surface area contributed by atoms with E-state index in [0.29, 0.717) is 0 Å². The van der Waals surface area contributed by atoms with Gasteiger partial charge >= 0.3 is 0 Å². The minimum atomic E-state index is 1.24. The highest BCUT2D eigenvalue weighted by molar-refractivity contribution is 5.00. The van der Waals surface area contributed by atoms with Crippen LogP contribution in [0.5, 0.6) is 0 Å². The Morgan fingerprint density at radius 3 is 1.56 bits per heavy atom. The molecule has 0 atom stereocenters. The third-order valence-corrected chi connectivity index (χ3v) is 5.40. The zero-order valence-electron chi connectivity index (χ0n) is 18.1. The van der Waals surface area contributed by atoms with Crippen molar-refractivity contribution in [2.75, 3.05) is 26.2 Å². The van der Waals surface area contributed by atoms with E-state index in [9.17, 15) is 0 Å². The van der Waals surface area contributed by atoms with Gasteiger partial charge in [0.15, 0.2) is 0 Å². The molecule has 0 radical (unpaired) electrons. The molecule has 0 saturated heterocycles. The van der Waals surface area contributed by atoms with Crippen molar-refractivity contribution in [3.05, 3.63) is 24.3 Å². The Morgan fingerprint density at radius 1 is 0.560 bits per heavy atom. The van der Waals surface area contributed by atoms with Gasteiger partial charge in [-0.2, -0.15) is 0 Å². The molecule has 0 heterocycles. The number of nitrogens with zero attached hydrogens (tertiary/aromatic N) is 1. The van der Waals surface area contributed by atoms with Crippen LogP contribution in [0.2, 0.25) is 0 Å². The van der Waals surface area contributed by atoms with Crippen molar-refractivity contribution in [2.24, 2.45) is 0 Å². The fourth-order valence-electron chi connectivity index (χ4n) is 3.68. The summed E-state index contributed by atoms with van der Waals surface area (Å²) in [4.78, 5) is 0. The summed E-state index contributed by atoms with van der Waals surface area (Å²) in [6.45, 7) is 14.8. The first-order chi connectivity index (χ1) is 12.2. The van der Waals surface area contributed by atoms with E-state index < -0.39 is 0 Å². The molecule has 0 aromatic heterocycles. The molecular formula is C24H48N+. The standard InChI is InChI=1S/C24H48N/c1-5-9-13-14-15-16-17-18-19-20-24-25(21-10-6-2,22-11-7-3)23-12-8-4/h5,9,13-14H,6-8,10-12,15-24H2,1-4H3/q+1/b9-5+,14-13+. The predicted octanol–water partition coefficient (Wildman–Crippen LogP) is 7.68. The fourth-order valence-corrected chi connectivity index (χ4v) is 3.68. The maximum absolute atomic E-state index is 2.35. The topological polar surface area (TPSA) is 0 Å². The molecule has 0 aliphatic heterocycles. The highest BCUT2D eigenvalue weighted by atomic mass is 15.3. The third kappa shape index (κ3) is 14.3. The van der Waals surface area contributed by atoms with E-state index in [-0.39, 0.29) is 0 Å². The second kappa shape index (κ2) is 18.2. The van der Waals surface area contributed by atoms with Crippen molar-refractivity contribution in [2.45, 2.75) is 105 Å². The summed E-state index contributed by atoms with van der Waals surface area (Å²) in [6, 6.07) is 0. The van der Waals surface area contributed by atoms with Gasteiger partial charge in [-0.15, -0.1) is 0 Å². The lowest BCUT2D eigenvalue weighted by Crippen LogP contribution is -2.50. The van der Waals surface area contributed by atoms with E-state index in [1.54, 1.807) is 0 Å². The molecular weight excluding hydrogens is 302 g/mol. The minimum Gasteiger partial charge on any atom is -0.324 e. The summed E-state index contributed by atoms with van der Waals surface area (Å²) in [5.74, 6) is 0. The summed E-state index contributed by atoms with van der Waals surface area (Å²) >= 11 is 0. The van der Waals surface area contributed by atoms with Crippen LogP contribution in [-0.2, 0) is 0 Å². The lowest BCUT2D eigenvalue weighted by Gasteiger charge is -2.39. The smallest absolute Gasteiger partial charge is 0.0786 e. The highest BCUT2D eigenvalue weighted by Gasteiger charge is 2.24. The maximum Gasteiger partial charge on any atom is 0.0786 e. The molecule has 0 aromatic carbocycles. The van der Waals surface area contributed by atoms with Crippen LogP contribution in [0.1, 0.15) is 105 Å². The summed E-state index contributed by atoms with van der Waals surface area (Å²) in [7, 11) is 0. The second-order valence-corrected chi connectivity index (χ2v) is 7.81. The molecule has 0 unspecified atom stereocenters. The molecule has 0 fully saturated rings. The Labute approximate surface area is 160 Å². The Kier molecular flexibility index (Phi) is 17.8. The van der Waals surface area contributed by atoms with Crippen LogP contribution in [-0.4, -0.2) is 30.7 Å². The number of allylic oxidation sites excluding steroid dienone is 4. The van der Waals surface area contributed by atoms with Gasteiger partial charge in [0.1, 0.15) is 0 Å². The van der Waals surface area contributed by atoms with Gasteiger partial charge < -0.3 is 4.48 Å². The van der Waals surface area contributed by atoms with Crippen molar-refractivity contribution in [3.63, 3.8) is 0 Å². The molecule has 0 aromatic rings. The van der Waals surface area contributed by atoms with Gasteiger partial charge in [0.25, 0.3) is 0 Å². The Morgan fingerprint density at radius 2 is 1.04 bits per heavy atom.